The lowest BCUT2D eigenvalue weighted by Gasteiger charge is -2.20. The average Bonchev–Trinajstić information content (AvgIpc) is 3.17. The second-order valence-electron chi connectivity index (χ2n) is 8.23. The molecule has 0 unspecified atom stereocenters. The second kappa shape index (κ2) is 9.43. The molecular formula is C28H30N2OS. The third kappa shape index (κ3) is 4.05. The molecule has 0 spiro atoms. The highest BCUT2D eigenvalue weighted by molar-refractivity contribution is 7.98. The largest absolute Gasteiger partial charge is 0.492 e. The fourth-order valence-electron chi connectivity index (χ4n) is 4.64. The number of thioether (sulfide) groups is 1. The molecule has 1 aliphatic rings. The summed E-state index contributed by atoms with van der Waals surface area (Å²) in [4.78, 5) is 3.76. The number of likely N-dealkylation sites (N-methyl/N-ethyl adjacent to an activating group) is 1. The number of aromatic nitrogens is 1. The normalized spacial score (nSPS) is 12.7. The maximum absolute atomic E-state index is 5.99. The van der Waals surface area contributed by atoms with E-state index in [0.717, 1.165) is 44.3 Å². The molecule has 2 heterocycles. The summed E-state index contributed by atoms with van der Waals surface area (Å²) in [5.41, 5.74) is 6.79. The van der Waals surface area contributed by atoms with Gasteiger partial charge < -0.3 is 14.2 Å². The lowest BCUT2D eigenvalue weighted by Crippen LogP contribution is -2.27. The zero-order chi connectivity index (χ0) is 21.9. The predicted molar refractivity (Wildman–Crippen MR) is 136 cm³/mol. The van der Waals surface area contributed by atoms with Crippen LogP contribution in [0.5, 0.6) is 5.75 Å². The first kappa shape index (κ1) is 21.2. The fourth-order valence-corrected chi connectivity index (χ4v) is 5.72. The maximum Gasteiger partial charge on any atom is 0.119 e. The monoisotopic (exact) mass is 442 g/mol. The van der Waals surface area contributed by atoms with E-state index in [0.29, 0.717) is 0 Å². The smallest absolute Gasteiger partial charge is 0.119 e. The number of para-hydroxylation sites is 1. The Balaban J connectivity index is 1.42. The number of rotatable bonds is 8. The third-order valence-corrected chi connectivity index (χ3v) is 7.52. The van der Waals surface area contributed by atoms with Crippen molar-refractivity contribution in [1.29, 1.82) is 0 Å². The number of hydrogen-bond acceptors (Lipinski definition) is 3. The molecule has 0 saturated carbocycles. The van der Waals surface area contributed by atoms with Gasteiger partial charge in [-0.2, -0.15) is 0 Å². The molecule has 0 fully saturated rings. The Hall–Kier alpha value is -2.69. The first-order valence-corrected chi connectivity index (χ1v) is 12.5. The van der Waals surface area contributed by atoms with Gasteiger partial charge in [-0.3, -0.25) is 0 Å². The summed E-state index contributed by atoms with van der Waals surface area (Å²) in [6, 6.07) is 26.3. The quantitative estimate of drug-likeness (QED) is 0.303. The summed E-state index contributed by atoms with van der Waals surface area (Å²) in [7, 11) is 0. The molecule has 164 valence electrons. The van der Waals surface area contributed by atoms with Crippen molar-refractivity contribution in [3.63, 3.8) is 0 Å². The number of ether oxygens (including phenoxy) is 1. The van der Waals surface area contributed by atoms with Gasteiger partial charge in [0.05, 0.1) is 5.69 Å². The van der Waals surface area contributed by atoms with E-state index >= 15 is 0 Å². The minimum atomic E-state index is 0.727. The minimum absolute atomic E-state index is 0.727. The van der Waals surface area contributed by atoms with Crippen LogP contribution in [-0.4, -0.2) is 35.7 Å². The highest BCUT2D eigenvalue weighted by Crippen LogP contribution is 2.45. The van der Waals surface area contributed by atoms with Crippen LogP contribution in [0.15, 0.2) is 77.7 Å². The molecule has 1 aromatic heterocycles. The molecule has 0 radical (unpaired) electrons. The van der Waals surface area contributed by atoms with Gasteiger partial charge in [0.25, 0.3) is 0 Å². The highest BCUT2D eigenvalue weighted by atomic mass is 32.2. The molecule has 4 heteroatoms. The first-order chi connectivity index (χ1) is 15.8. The number of hydrogen-bond donors (Lipinski definition) is 0. The molecule has 0 atom stereocenters. The number of benzene rings is 3. The van der Waals surface area contributed by atoms with Crippen molar-refractivity contribution >= 4 is 22.7 Å². The van der Waals surface area contributed by atoms with Crippen LogP contribution in [0.1, 0.15) is 25.0 Å². The van der Waals surface area contributed by atoms with Crippen LogP contribution in [0.4, 0.5) is 0 Å². The van der Waals surface area contributed by atoms with Crippen LogP contribution >= 0.6 is 11.8 Å². The predicted octanol–water partition coefficient (Wildman–Crippen LogP) is 6.68. The minimum Gasteiger partial charge on any atom is -0.492 e. The standard InChI is InChI=1S/C28H30N2OS/c1-3-29(4-2)17-18-31-22-15-13-21(14-16-22)19-30-26-11-7-5-9-23(26)25-20-32-27-12-8-6-10-24(27)28(25)30/h5-16H,3-4,17-20H2,1-2H3. The number of fused-ring (bicyclic) bond motifs is 5. The molecular weight excluding hydrogens is 412 g/mol. The first-order valence-electron chi connectivity index (χ1n) is 11.5. The van der Waals surface area contributed by atoms with E-state index in [9.17, 15) is 0 Å². The summed E-state index contributed by atoms with van der Waals surface area (Å²) in [6.45, 7) is 9.07. The van der Waals surface area contributed by atoms with Crippen molar-refractivity contribution in [2.45, 2.75) is 31.0 Å². The van der Waals surface area contributed by atoms with E-state index in [2.05, 4.69) is 96.1 Å². The Morgan fingerprint density at radius 3 is 2.47 bits per heavy atom. The van der Waals surface area contributed by atoms with Gasteiger partial charge in [0.1, 0.15) is 12.4 Å². The second-order valence-corrected chi connectivity index (χ2v) is 9.25. The maximum atomic E-state index is 5.99. The van der Waals surface area contributed by atoms with Crippen molar-refractivity contribution in [3.05, 3.63) is 83.9 Å². The summed E-state index contributed by atoms with van der Waals surface area (Å²) in [5, 5.41) is 1.38. The van der Waals surface area contributed by atoms with Gasteiger partial charge in [0.2, 0.25) is 0 Å². The zero-order valence-electron chi connectivity index (χ0n) is 18.9. The van der Waals surface area contributed by atoms with Gasteiger partial charge in [-0.05, 0) is 48.5 Å². The van der Waals surface area contributed by atoms with Gasteiger partial charge in [-0.1, -0.05) is 62.4 Å². The fraction of sp³-hybridized carbons (Fsp3) is 0.286. The van der Waals surface area contributed by atoms with Gasteiger partial charge in [-0.25, -0.2) is 0 Å². The van der Waals surface area contributed by atoms with Gasteiger partial charge in [-0.15, -0.1) is 11.8 Å². The molecule has 1 aliphatic heterocycles. The van der Waals surface area contributed by atoms with Crippen molar-refractivity contribution in [2.75, 3.05) is 26.2 Å². The summed E-state index contributed by atoms with van der Waals surface area (Å²) in [6.07, 6.45) is 0. The Morgan fingerprint density at radius 1 is 0.906 bits per heavy atom. The molecule has 0 N–H and O–H groups in total. The van der Waals surface area contributed by atoms with Crippen molar-refractivity contribution in [1.82, 2.24) is 9.47 Å². The molecule has 0 amide bonds. The van der Waals surface area contributed by atoms with Crippen LogP contribution < -0.4 is 4.74 Å². The van der Waals surface area contributed by atoms with E-state index in [-0.39, 0.29) is 0 Å². The molecule has 3 nitrogen and oxygen atoms in total. The van der Waals surface area contributed by atoms with E-state index in [1.165, 1.54) is 38.2 Å². The van der Waals surface area contributed by atoms with Gasteiger partial charge in [0.15, 0.2) is 0 Å². The van der Waals surface area contributed by atoms with Gasteiger partial charge in [0, 0.05) is 40.2 Å². The molecule has 32 heavy (non-hydrogen) atoms. The van der Waals surface area contributed by atoms with E-state index in [1.54, 1.807) is 0 Å². The summed E-state index contributed by atoms with van der Waals surface area (Å²) >= 11 is 1.95. The molecule has 4 aromatic rings. The van der Waals surface area contributed by atoms with Crippen LogP contribution in [0.3, 0.4) is 0 Å². The topological polar surface area (TPSA) is 17.4 Å². The molecule has 5 rings (SSSR count). The third-order valence-electron chi connectivity index (χ3n) is 6.42. The Kier molecular flexibility index (Phi) is 6.24. The summed E-state index contributed by atoms with van der Waals surface area (Å²) < 4.78 is 8.49. The Bertz CT molecular complexity index is 1210. The lowest BCUT2D eigenvalue weighted by atomic mass is 10.1. The van der Waals surface area contributed by atoms with Crippen LogP contribution in [0, 0.1) is 0 Å². The Morgan fingerprint density at radius 2 is 1.66 bits per heavy atom. The van der Waals surface area contributed by atoms with E-state index < -0.39 is 0 Å². The molecule has 0 aliphatic carbocycles. The van der Waals surface area contributed by atoms with Crippen LogP contribution in [0.2, 0.25) is 0 Å². The Labute approximate surface area is 195 Å². The molecule has 0 saturated heterocycles. The van der Waals surface area contributed by atoms with Crippen LogP contribution in [0.25, 0.3) is 22.2 Å². The average molecular weight is 443 g/mol. The highest BCUT2D eigenvalue weighted by Gasteiger charge is 2.24. The van der Waals surface area contributed by atoms with E-state index in [4.69, 9.17) is 4.74 Å². The molecule has 0 bridgehead atoms. The van der Waals surface area contributed by atoms with Crippen molar-refractivity contribution in [3.8, 4) is 17.0 Å². The van der Waals surface area contributed by atoms with Crippen molar-refractivity contribution in [2.24, 2.45) is 0 Å². The summed E-state index contributed by atoms with van der Waals surface area (Å²) in [5.74, 6) is 1.97. The van der Waals surface area contributed by atoms with Crippen LogP contribution in [-0.2, 0) is 12.3 Å². The van der Waals surface area contributed by atoms with Crippen molar-refractivity contribution < 1.29 is 4.74 Å². The zero-order valence-corrected chi connectivity index (χ0v) is 19.7. The SMILES string of the molecule is CCN(CC)CCOc1ccc(Cn2c3c(c4ccccc42)CSc2ccccc2-3)cc1. The molecule has 3 aromatic carbocycles. The number of nitrogens with zero attached hydrogens (tertiary/aromatic N) is 2. The van der Waals surface area contributed by atoms with E-state index in [1.807, 2.05) is 11.8 Å². The lowest BCUT2D eigenvalue weighted by molar-refractivity contribution is 0.223. The van der Waals surface area contributed by atoms with Gasteiger partial charge >= 0.3 is 0 Å².